The predicted octanol–water partition coefficient (Wildman–Crippen LogP) is 6.92. The number of fused-ring (bicyclic) bond motifs is 6. The van der Waals surface area contributed by atoms with E-state index in [0.717, 1.165) is 21.4 Å². The fraction of sp³-hybridized carbons (Fsp3) is 0.143. The van der Waals surface area contributed by atoms with Gasteiger partial charge in [0.25, 0.3) is 11.8 Å². The smallest absolute Gasteiger partial charge is 0.297 e. The number of benzene rings is 4. The standard InChI is InChI=1S/C35H24FN3O4S/c1-18-12-13-26-22(15-18)30(40)28-31(43-26)32(41)39(34-37-29-20(3)14-19(2)16-27(29)44-34)35(28)23-9-5-7-11-25(23)38(33(35)42)17-21-8-4-6-10-24(21)36/h4-16H,17H2,1-3H3. The molecule has 2 aliphatic rings. The fourth-order valence-electron chi connectivity index (χ4n) is 6.69. The van der Waals surface area contributed by atoms with Crippen molar-refractivity contribution in [3.63, 3.8) is 0 Å². The van der Waals surface area contributed by atoms with Gasteiger partial charge in [0.2, 0.25) is 5.76 Å². The van der Waals surface area contributed by atoms with E-state index >= 15 is 4.79 Å². The maximum Gasteiger partial charge on any atom is 0.297 e. The average Bonchev–Trinajstić information content (AvgIpc) is 3.61. The van der Waals surface area contributed by atoms with Crippen LogP contribution in [-0.2, 0) is 16.9 Å². The lowest BCUT2D eigenvalue weighted by atomic mass is 9.84. The Kier molecular flexibility index (Phi) is 5.52. The van der Waals surface area contributed by atoms with Crippen LogP contribution in [0.25, 0.3) is 21.2 Å². The summed E-state index contributed by atoms with van der Waals surface area (Å²) in [4.78, 5) is 51.8. The van der Waals surface area contributed by atoms with Gasteiger partial charge in [-0.15, -0.1) is 0 Å². The minimum absolute atomic E-state index is 0.0544. The van der Waals surface area contributed by atoms with Crippen LogP contribution >= 0.6 is 11.3 Å². The highest BCUT2D eigenvalue weighted by Crippen LogP contribution is 2.55. The maximum absolute atomic E-state index is 15.1. The Morgan fingerprint density at radius 3 is 2.50 bits per heavy atom. The van der Waals surface area contributed by atoms with E-state index in [1.165, 1.54) is 27.2 Å². The Bertz CT molecular complexity index is 2310. The second-order valence-corrected chi connectivity index (χ2v) is 12.4. The third-order valence-electron chi connectivity index (χ3n) is 8.58. The Morgan fingerprint density at radius 2 is 1.68 bits per heavy atom. The minimum Gasteiger partial charge on any atom is -0.450 e. The zero-order valence-corrected chi connectivity index (χ0v) is 24.8. The molecule has 44 heavy (non-hydrogen) atoms. The van der Waals surface area contributed by atoms with Crippen LogP contribution < -0.4 is 15.2 Å². The highest BCUT2D eigenvalue weighted by Gasteiger charge is 2.66. The van der Waals surface area contributed by atoms with Crippen LogP contribution in [-0.4, -0.2) is 16.8 Å². The number of aromatic nitrogens is 1. The number of amides is 2. The van der Waals surface area contributed by atoms with E-state index in [1.54, 1.807) is 60.7 Å². The molecule has 7 nitrogen and oxygen atoms in total. The van der Waals surface area contributed by atoms with E-state index in [2.05, 4.69) is 0 Å². The average molecular weight is 602 g/mol. The second kappa shape index (κ2) is 9.17. The van der Waals surface area contributed by atoms with Gasteiger partial charge in [-0.05, 0) is 62.2 Å². The van der Waals surface area contributed by atoms with Gasteiger partial charge in [0.1, 0.15) is 11.4 Å². The molecule has 2 aliphatic heterocycles. The number of hydrogen-bond acceptors (Lipinski definition) is 6. The van der Waals surface area contributed by atoms with Crippen LogP contribution in [0, 0.1) is 26.6 Å². The lowest BCUT2D eigenvalue weighted by molar-refractivity contribution is -0.121. The molecule has 0 saturated heterocycles. The van der Waals surface area contributed by atoms with Gasteiger partial charge in [0, 0.05) is 11.1 Å². The maximum atomic E-state index is 15.1. The summed E-state index contributed by atoms with van der Waals surface area (Å²) in [6.07, 6.45) is 0. The zero-order chi connectivity index (χ0) is 30.5. The van der Waals surface area contributed by atoms with E-state index in [1.807, 2.05) is 32.9 Å². The number of aryl methyl sites for hydroxylation is 3. The lowest BCUT2D eigenvalue weighted by Crippen LogP contribution is -2.53. The number of carbonyl (C=O) groups is 2. The van der Waals surface area contributed by atoms with Crippen molar-refractivity contribution in [2.45, 2.75) is 32.9 Å². The van der Waals surface area contributed by atoms with Crippen molar-refractivity contribution < 1.29 is 18.4 Å². The molecule has 8 rings (SSSR count). The van der Waals surface area contributed by atoms with Gasteiger partial charge in [0.15, 0.2) is 16.1 Å². The molecule has 0 N–H and O–H groups in total. The molecule has 1 atom stereocenters. The number of thiazole rings is 1. The van der Waals surface area contributed by atoms with Gasteiger partial charge >= 0.3 is 0 Å². The van der Waals surface area contributed by atoms with Crippen molar-refractivity contribution in [1.82, 2.24) is 4.98 Å². The van der Waals surface area contributed by atoms with Gasteiger partial charge in [-0.25, -0.2) is 9.37 Å². The monoisotopic (exact) mass is 601 g/mol. The van der Waals surface area contributed by atoms with Crippen molar-refractivity contribution >= 4 is 55.2 Å². The molecule has 0 bridgehead atoms. The first-order valence-electron chi connectivity index (χ1n) is 14.2. The van der Waals surface area contributed by atoms with Crippen LogP contribution in [0.15, 0.2) is 88.1 Å². The van der Waals surface area contributed by atoms with Crippen LogP contribution in [0.3, 0.4) is 0 Å². The highest BCUT2D eigenvalue weighted by molar-refractivity contribution is 7.22. The third-order valence-corrected chi connectivity index (χ3v) is 9.56. The van der Waals surface area contributed by atoms with Crippen molar-refractivity contribution in [2.24, 2.45) is 0 Å². The SMILES string of the molecule is Cc1cc(C)c2nc(N3C(=O)c4oc5ccc(C)cc5c(=O)c4C34C(=O)N(Cc3ccccc3F)c3ccccc34)sc2c1. The Labute approximate surface area is 254 Å². The predicted molar refractivity (Wildman–Crippen MR) is 168 cm³/mol. The van der Waals surface area contributed by atoms with Crippen LogP contribution in [0.1, 0.15) is 43.9 Å². The summed E-state index contributed by atoms with van der Waals surface area (Å²) in [6.45, 7) is 5.69. The molecular formula is C35H24FN3O4S. The number of rotatable bonds is 3. The van der Waals surface area contributed by atoms with Crippen LogP contribution in [0.5, 0.6) is 0 Å². The number of carbonyl (C=O) groups excluding carboxylic acids is 2. The first-order chi connectivity index (χ1) is 21.2. The Balaban J connectivity index is 1.47. The molecule has 216 valence electrons. The van der Waals surface area contributed by atoms with E-state index in [-0.39, 0.29) is 34.0 Å². The third kappa shape index (κ3) is 3.41. The highest BCUT2D eigenvalue weighted by atomic mass is 32.1. The zero-order valence-electron chi connectivity index (χ0n) is 24.0. The van der Waals surface area contributed by atoms with Crippen molar-refractivity contribution in [1.29, 1.82) is 0 Å². The largest absolute Gasteiger partial charge is 0.450 e. The molecule has 0 fully saturated rings. The summed E-state index contributed by atoms with van der Waals surface area (Å²) in [5.41, 5.74) is 2.52. The lowest BCUT2D eigenvalue weighted by Gasteiger charge is -2.32. The second-order valence-electron chi connectivity index (χ2n) is 11.4. The molecule has 0 aliphatic carbocycles. The number of halogens is 1. The normalized spacial score (nSPS) is 17.4. The molecule has 4 aromatic carbocycles. The molecule has 2 aromatic heterocycles. The molecule has 1 spiro atoms. The van der Waals surface area contributed by atoms with E-state index in [0.29, 0.717) is 22.3 Å². The topological polar surface area (TPSA) is 83.7 Å². The van der Waals surface area contributed by atoms with Crippen molar-refractivity contribution in [3.8, 4) is 0 Å². The Morgan fingerprint density at radius 1 is 0.909 bits per heavy atom. The quantitative estimate of drug-likeness (QED) is 0.220. The van der Waals surface area contributed by atoms with Crippen molar-refractivity contribution in [2.75, 3.05) is 9.80 Å². The van der Waals surface area contributed by atoms with Crippen LogP contribution in [0.4, 0.5) is 15.2 Å². The summed E-state index contributed by atoms with van der Waals surface area (Å²) < 4.78 is 22.0. The fourth-order valence-corrected chi connectivity index (χ4v) is 7.88. The molecule has 9 heteroatoms. The van der Waals surface area contributed by atoms with Crippen molar-refractivity contribution in [3.05, 3.63) is 134 Å². The van der Waals surface area contributed by atoms with Gasteiger partial charge in [-0.2, -0.15) is 0 Å². The van der Waals surface area contributed by atoms with E-state index < -0.39 is 28.6 Å². The number of nitrogens with zero attached hydrogens (tertiary/aromatic N) is 3. The summed E-state index contributed by atoms with van der Waals surface area (Å²) in [5.74, 6) is -1.85. The minimum atomic E-state index is -1.91. The molecule has 1 unspecified atom stereocenters. The number of anilines is 2. The van der Waals surface area contributed by atoms with E-state index in [9.17, 15) is 14.0 Å². The molecule has 6 aromatic rings. The summed E-state index contributed by atoms with van der Waals surface area (Å²) in [7, 11) is 0. The first kappa shape index (κ1) is 26.5. The molecular weight excluding hydrogens is 577 g/mol. The van der Waals surface area contributed by atoms with Gasteiger partial charge < -0.3 is 9.32 Å². The van der Waals surface area contributed by atoms with Crippen LogP contribution in [0.2, 0.25) is 0 Å². The number of para-hydroxylation sites is 1. The Hall–Kier alpha value is -5.15. The molecule has 2 amide bonds. The molecule has 0 saturated carbocycles. The first-order valence-corrected chi connectivity index (χ1v) is 15.0. The number of hydrogen-bond donors (Lipinski definition) is 0. The molecule has 4 heterocycles. The van der Waals surface area contributed by atoms with Gasteiger partial charge in [-0.3, -0.25) is 19.3 Å². The van der Waals surface area contributed by atoms with Gasteiger partial charge in [-0.1, -0.05) is 65.4 Å². The molecule has 0 radical (unpaired) electrons. The van der Waals surface area contributed by atoms with Gasteiger partial charge in [0.05, 0.1) is 33.4 Å². The summed E-state index contributed by atoms with van der Waals surface area (Å²) in [6, 6.07) is 22.4. The summed E-state index contributed by atoms with van der Waals surface area (Å²) in [5, 5.41) is 0.534. The van der Waals surface area contributed by atoms with E-state index in [4.69, 9.17) is 9.40 Å². The summed E-state index contributed by atoms with van der Waals surface area (Å²) >= 11 is 1.27.